The maximum atomic E-state index is 5.50. The Bertz CT molecular complexity index is 547. The summed E-state index contributed by atoms with van der Waals surface area (Å²) in [4.78, 5) is 2.49. The first-order valence-corrected chi connectivity index (χ1v) is 7.39. The number of nitrogens with zero attached hydrogens (tertiary/aromatic N) is 1. The van der Waals surface area contributed by atoms with Crippen molar-refractivity contribution in [3.05, 3.63) is 65.7 Å². The normalized spacial score (nSPS) is 17.4. The van der Waals surface area contributed by atoms with E-state index in [1.54, 1.807) is 7.11 Å². The molecule has 0 radical (unpaired) electrons. The van der Waals surface area contributed by atoms with Crippen molar-refractivity contribution in [1.82, 2.24) is 4.90 Å². The van der Waals surface area contributed by atoms with Crippen LogP contribution in [-0.4, -0.2) is 38.3 Å². The minimum Gasteiger partial charge on any atom is -0.497 e. The van der Waals surface area contributed by atoms with E-state index >= 15 is 0 Å². The molecule has 3 heteroatoms. The topological polar surface area (TPSA) is 21.7 Å². The number of morpholine rings is 1. The molecule has 21 heavy (non-hydrogen) atoms. The third-order valence-electron chi connectivity index (χ3n) is 3.96. The van der Waals surface area contributed by atoms with Gasteiger partial charge in [-0.2, -0.15) is 0 Å². The fourth-order valence-electron chi connectivity index (χ4n) is 2.87. The van der Waals surface area contributed by atoms with Crippen LogP contribution in [0.4, 0.5) is 0 Å². The van der Waals surface area contributed by atoms with E-state index in [1.165, 1.54) is 11.1 Å². The average Bonchev–Trinajstić information content (AvgIpc) is 2.58. The Hall–Kier alpha value is -1.84. The summed E-state index contributed by atoms with van der Waals surface area (Å²) < 4.78 is 10.8. The lowest BCUT2D eigenvalue weighted by Gasteiger charge is -2.35. The second-order valence-corrected chi connectivity index (χ2v) is 5.23. The highest BCUT2D eigenvalue weighted by Crippen LogP contribution is 2.30. The summed E-state index contributed by atoms with van der Waals surface area (Å²) in [6.07, 6.45) is 0. The van der Waals surface area contributed by atoms with Gasteiger partial charge in [0, 0.05) is 13.1 Å². The Morgan fingerprint density at radius 1 is 0.905 bits per heavy atom. The van der Waals surface area contributed by atoms with Crippen LogP contribution in [0.15, 0.2) is 54.6 Å². The van der Waals surface area contributed by atoms with Gasteiger partial charge >= 0.3 is 0 Å². The molecule has 3 nitrogen and oxygen atoms in total. The Kier molecular flexibility index (Phi) is 4.53. The van der Waals surface area contributed by atoms with Gasteiger partial charge in [0.1, 0.15) is 5.75 Å². The molecular weight excluding hydrogens is 262 g/mol. The quantitative estimate of drug-likeness (QED) is 0.860. The van der Waals surface area contributed by atoms with Gasteiger partial charge < -0.3 is 9.47 Å². The number of hydrogen-bond acceptors (Lipinski definition) is 3. The predicted octanol–water partition coefficient (Wildman–Crippen LogP) is 3.12. The van der Waals surface area contributed by atoms with E-state index in [2.05, 4.69) is 47.4 Å². The molecule has 2 aromatic carbocycles. The molecule has 1 fully saturated rings. The maximum absolute atomic E-state index is 5.50. The molecule has 1 unspecified atom stereocenters. The summed E-state index contributed by atoms with van der Waals surface area (Å²) in [6, 6.07) is 19.3. The molecule has 1 heterocycles. The fraction of sp³-hybridized carbons (Fsp3) is 0.333. The van der Waals surface area contributed by atoms with Crippen LogP contribution in [0.3, 0.4) is 0 Å². The molecule has 1 saturated heterocycles. The first kappa shape index (κ1) is 14.1. The molecule has 0 aliphatic carbocycles. The van der Waals surface area contributed by atoms with Crippen molar-refractivity contribution < 1.29 is 9.47 Å². The van der Waals surface area contributed by atoms with Gasteiger partial charge in [0.25, 0.3) is 0 Å². The van der Waals surface area contributed by atoms with Gasteiger partial charge in [0.05, 0.1) is 26.4 Å². The van der Waals surface area contributed by atoms with Gasteiger partial charge in [-0.1, -0.05) is 42.5 Å². The molecule has 1 aliphatic rings. The van der Waals surface area contributed by atoms with Crippen molar-refractivity contribution in [2.24, 2.45) is 0 Å². The third-order valence-corrected chi connectivity index (χ3v) is 3.96. The number of benzene rings is 2. The monoisotopic (exact) mass is 283 g/mol. The minimum absolute atomic E-state index is 0.279. The Balaban J connectivity index is 1.94. The van der Waals surface area contributed by atoms with E-state index in [0.29, 0.717) is 0 Å². The van der Waals surface area contributed by atoms with Crippen LogP contribution in [0, 0.1) is 0 Å². The van der Waals surface area contributed by atoms with Crippen LogP contribution in [0.1, 0.15) is 17.2 Å². The van der Waals surface area contributed by atoms with Gasteiger partial charge in [0.2, 0.25) is 0 Å². The molecular formula is C18H21NO2. The number of ether oxygens (including phenoxy) is 2. The SMILES string of the molecule is COc1ccc(C(c2ccccc2)N2CCOCC2)cc1. The van der Waals surface area contributed by atoms with Gasteiger partial charge in [-0.15, -0.1) is 0 Å². The summed E-state index contributed by atoms with van der Waals surface area (Å²) in [5.74, 6) is 0.896. The van der Waals surface area contributed by atoms with Crippen molar-refractivity contribution in [3.63, 3.8) is 0 Å². The van der Waals surface area contributed by atoms with Crippen LogP contribution in [0.2, 0.25) is 0 Å². The highest BCUT2D eigenvalue weighted by molar-refractivity contribution is 5.35. The maximum Gasteiger partial charge on any atom is 0.118 e. The van der Waals surface area contributed by atoms with E-state index in [-0.39, 0.29) is 6.04 Å². The highest BCUT2D eigenvalue weighted by atomic mass is 16.5. The average molecular weight is 283 g/mol. The van der Waals surface area contributed by atoms with Gasteiger partial charge in [-0.05, 0) is 23.3 Å². The molecule has 1 atom stereocenters. The van der Waals surface area contributed by atoms with Crippen molar-refractivity contribution in [2.45, 2.75) is 6.04 Å². The van der Waals surface area contributed by atoms with Gasteiger partial charge in [0.15, 0.2) is 0 Å². The first-order chi connectivity index (χ1) is 10.4. The zero-order valence-electron chi connectivity index (χ0n) is 12.4. The van der Waals surface area contributed by atoms with Crippen molar-refractivity contribution in [3.8, 4) is 5.75 Å². The summed E-state index contributed by atoms with van der Waals surface area (Å²) in [7, 11) is 1.70. The summed E-state index contributed by atoms with van der Waals surface area (Å²) in [6.45, 7) is 3.54. The van der Waals surface area contributed by atoms with Crippen LogP contribution in [-0.2, 0) is 4.74 Å². The predicted molar refractivity (Wildman–Crippen MR) is 83.7 cm³/mol. The third kappa shape index (κ3) is 3.26. The largest absolute Gasteiger partial charge is 0.497 e. The van der Waals surface area contributed by atoms with E-state index in [4.69, 9.17) is 9.47 Å². The first-order valence-electron chi connectivity index (χ1n) is 7.39. The van der Waals surface area contributed by atoms with Crippen molar-refractivity contribution in [2.75, 3.05) is 33.4 Å². The Morgan fingerprint density at radius 3 is 2.14 bits per heavy atom. The molecule has 0 saturated carbocycles. The number of hydrogen-bond donors (Lipinski definition) is 0. The lowest BCUT2D eigenvalue weighted by atomic mass is 9.96. The minimum atomic E-state index is 0.279. The Labute approximate surface area is 126 Å². The number of rotatable bonds is 4. The molecule has 0 spiro atoms. The molecule has 0 aromatic heterocycles. The Morgan fingerprint density at radius 2 is 1.52 bits per heavy atom. The van der Waals surface area contributed by atoms with Gasteiger partial charge in [-0.25, -0.2) is 0 Å². The molecule has 0 bridgehead atoms. The lowest BCUT2D eigenvalue weighted by molar-refractivity contribution is 0.0239. The summed E-state index contributed by atoms with van der Waals surface area (Å²) in [5.41, 5.74) is 2.62. The van der Waals surface area contributed by atoms with E-state index in [0.717, 1.165) is 32.1 Å². The zero-order valence-corrected chi connectivity index (χ0v) is 12.4. The fourth-order valence-corrected chi connectivity index (χ4v) is 2.87. The van der Waals surface area contributed by atoms with Gasteiger partial charge in [-0.3, -0.25) is 4.90 Å². The van der Waals surface area contributed by atoms with E-state index in [1.807, 2.05) is 12.1 Å². The molecule has 110 valence electrons. The molecule has 2 aromatic rings. The molecule has 0 amide bonds. The summed E-state index contributed by atoms with van der Waals surface area (Å²) in [5, 5.41) is 0. The smallest absolute Gasteiger partial charge is 0.118 e. The van der Waals surface area contributed by atoms with E-state index in [9.17, 15) is 0 Å². The standard InChI is InChI=1S/C18H21NO2/c1-20-17-9-7-16(8-10-17)18(15-5-3-2-4-6-15)19-11-13-21-14-12-19/h2-10,18H,11-14H2,1H3. The van der Waals surface area contributed by atoms with Crippen molar-refractivity contribution >= 4 is 0 Å². The second-order valence-electron chi connectivity index (χ2n) is 5.23. The van der Waals surface area contributed by atoms with E-state index < -0.39 is 0 Å². The number of methoxy groups -OCH3 is 1. The van der Waals surface area contributed by atoms with Crippen LogP contribution in [0.25, 0.3) is 0 Å². The second kappa shape index (κ2) is 6.74. The molecule has 0 N–H and O–H groups in total. The van der Waals surface area contributed by atoms with Crippen LogP contribution < -0.4 is 4.74 Å². The van der Waals surface area contributed by atoms with Crippen LogP contribution >= 0.6 is 0 Å². The van der Waals surface area contributed by atoms with Crippen LogP contribution in [0.5, 0.6) is 5.75 Å². The van der Waals surface area contributed by atoms with Crippen molar-refractivity contribution in [1.29, 1.82) is 0 Å². The summed E-state index contributed by atoms with van der Waals surface area (Å²) >= 11 is 0. The molecule has 3 rings (SSSR count). The molecule has 1 aliphatic heterocycles. The lowest BCUT2D eigenvalue weighted by Crippen LogP contribution is -2.39. The highest BCUT2D eigenvalue weighted by Gasteiger charge is 2.24. The zero-order chi connectivity index (χ0) is 14.5.